The van der Waals surface area contributed by atoms with Crippen LogP contribution in [0.5, 0.6) is 0 Å². The van der Waals surface area contributed by atoms with Crippen molar-refractivity contribution in [2.45, 2.75) is 18.8 Å². The van der Waals surface area contributed by atoms with Crippen molar-refractivity contribution in [1.82, 2.24) is 10.4 Å². The van der Waals surface area contributed by atoms with Gasteiger partial charge in [0.1, 0.15) is 5.57 Å². The van der Waals surface area contributed by atoms with E-state index in [2.05, 4.69) is 4.74 Å². The van der Waals surface area contributed by atoms with E-state index in [4.69, 9.17) is 5.11 Å². The quantitative estimate of drug-likeness (QED) is 0.186. The maximum atomic E-state index is 14.7. The van der Waals surface area contributed by atoms with Crippen LogP contribution in [0.15, 0.2) is 35.6 Å². The topological polar surface area (TPSA) is 95.9 Å². The van der Waals surface area contributed by atoms with Crippen LogP contribution in [0, 0.1) is 0 Å². The number of rotatable bonds is 6. The second kappa shape index (κ2) is 7.81. The average molecular weight is 366 g/mol. The van der Waals surface area contributed by atoms with E-state index in [0.717, 1.165) is 7.05 Å². The highest BCUT2D eigenvalue weighted by atomic mass is 19.2. The molecule has 1 rings (SSSR count). The van der Waals surface area contributed by atoms with E-state index in [1.165, 1.54) is 6.92 Å². The number of carbonyl (C=O) groups is 3. The molecule has 0 aromatic carbocycles. The number of nitrogens with one attached hydrogen (secondary N) is 1. The lowest BCUT2D eigenvalue weighted by atomic mass is 9.86. The van der Waals surface area contributed by atoms with Gasteiger partial charge in [-0.1, -0.05) is 0 Å². The molecule has 0 aromatic rings. The molecule has 11 heteroatoms. The first kappa shape index (κ1) is 20.2. The van der Waals surface area contributed by atoms with Crippen molar-refractivity contribution in [3.63, 3.8) is 0 Å². The third kappa shape index (κ3) is 4.17. The smallest absolute Gasteiger partial charge is 0.425 e. The summed E-state index contributed by atoms with van der Waals surface area (Å²) in [5, 5.41) is 9.06. The molecule has 25 heavy (non-hydrogen) atoms. The number of nitrogens with zero attached hydrogens (tertiary/aromatic N) is 1. The maximum absolute atomic E-state index is 14.7. The Morgan fingerprint density at radius 2 is 2.04 bits per heavy atom. The summed E-state index contributed by atoms with van der Waals surface area (Å²) in [5.74, 6) is -7.12. The lowest BCUT2D eigenvalue weighted by Gasteiger charge is -2.26. The number of carbonyl (C=O) groups excluding carboxylic acids is 2. The Balaban J connectivity index is 3.24. The highest BCUT2D eigenvalue weighted by molar-refractivity contribution is 6.21. The predicted octanol–water partition coefficient (Wildman–Crippen LogP) is 1.88. The number of ketones is 1. The molecule has 0 bridgehead atoms. The van der Waals surface area contributed by atoms with Crippen LogP contribution in [0.4, 0.5) is 22.4 Å². The minimum Gasteiger partial charge on any atom is -0.464 e. The summed E-state index contributed by atoms with van der Waals surface area (Å²) >= 11 is 0. The van der Waals surface area contributed by atoms with Crippen LogP contribution >= 0.6 is 0 Å². The fraction of sp³-hybridized carbons (Fsp3) is 0.357. The Morgan fingerprint density at radius 3 is 2.56 bits per heavy atom. The van der Waals surface area contributed by atoms with Gasteiger partial charge in [0, 0.05) is 13.2 Å². The zero-order valence-corrected chi connectivity index (χ0v) is 13.1. The third-order valence-electron chi connectivity index (χ3n) is 3.07. The number of hydrazine groups is 1. The van der Waals surface area contributed by atoms with Gasteiger partial charge in [0.25, 0.3) is 0 Å². The van der Waals surface area contributed by atoms with Gasteiger partial charge in [0.15, 0.2) is 17.8 Å². The van der Waals surface area contributed by atoms with Crippen molar-refractivity contribution in [3.05, 3.63) is 35.6 Å². The summed E-state index contributed by atoms with van der Waals surface area (Å²) in [4.78, 5) is 34.7. The van der Waals surface area contributed by atoms with Gasteiger partial charge in [-0.25, -0.2) is 32.2 Å². The Morgan fingerprint density at radius 1 is 1.44 bits per heavy atom. The van der Waals surface area contributed by atoms with Gasteiger partial charge in [-0.2, -0.15) is 0 Å². The highest BCUT2D eigenvalue weighted by Crippen LogP contribution is 2.37. The number of allylic oxidation sites excluding steroid dienone is 4. The number of carboxylic acid groups (broad SMARTS) is 1. The Labute approximate surface area is 139 Å². The molecule has 0 aliphatic heterocycles. The van der Waals surface area contributed by atoms with Gasteiger partial charge in [0.05, 0.1) is 6.61 Å². The van der Waals surface area contributed by atoms with Gasteiger partial charge >= 0.3 is 12.1 Å². The largest absolute Gasteiger partial charge is 0.464 e. The summed E-state index contributed by atoms with van der Waals surface area (Å²) in [7, 11) is 0.980. The van der Waals surface area contributed by atoms with Crippen molar-refractivity contribution in [2.75, 3.05) is 13.7 Å². The van der Waals surface area contributed by atoms with Crippen molar-refractivity contribution < 1.29 is 41.8 Å². The van der Waals surface area contributed by atoms with Crippen LogP contribution in [-0.4, -0.2) is 53.5 Å². The van der Waals surface area contributed by atoms with Crippen molar-refractivity contribution >= 4 is 17.8 Å². The number of halogens is 4. The molecule has 1 amide bonds. The van der Waals surface area contributed by atoms with E-state index in [-0.39, 0.29) is 18.8 Å². The summed E-state index contributed by atoms with van der Waals surface area (Å²) in [6.07, 6.45) is -4.04. The minimum atomic E-state index is -3.71. The van der Waals surface area contributed by atoms with Gasteiger partial charge < -0.3 is 9.84 Å². The normalized spacial score (nSPS) is 23.3. The average Bonchev–Trinajstić information content (AvgIpc) is 2.56. The van der Waals surface area contributed by atoms with E-state index < -0.39 is 46.9 Å². The van der Waals surface area contributed by atoms with E-state index in [1.54, 1.807) is 0 Å². The number of hydrogen-bond acceptors (Lipinski definition) is 5. The fourth-order valence-corrected chi connectivity index (χ4v) is 1.70. The monoisotopic (exact) mass is 366 g/mol. The first-order valence-electron chi connectivity index (χ1n) is 6.78. The molecule has 0 heterocycles. The fourth-order valence-electron chi connectivity index (χ4n) is 1.70. The second-order valence-electron chi connectivity index (χ2n) is 4.74. The first-order valence-corrected chi connectivity index (χ1v) is 6.78. The molecule has 0 radical (unpaired) electrons. The van der Waals surface area contributed by atoms with Gasteiger partial charge in [-0.15, -0.1) is 0 Å². The predicted molar refractivity (Wildman–Crippen MR) is 75.8 cm³/mol. The number of esters is 1. The van der Waals surface area contributed by atoms with Crippen LogP contribution < -0.4 is 5.43 Å². The van der Waals surface area contributed by atoms with E-state index in [9.17, 15) is 31.9 Å². The number of amides is 1. The summed E-state index contributed by atoms with van der Waals surface area (Å²) in [5.41, 5.74) is -2.88. The molecule has 7 nitrogen and oxygen atoms in total. The van der Waals surface area contributed by atoms with E-state index >= 15 is 0 Å². The van der Waals surface area contributed by atoms with E-state index in [0.29, 0.717) is 11.2 Å². The minimum absolute atomic E-state index is 0.131. The van der Waals surface area contributed by atoms with Gasteiger partial charge in [-0.3, -0.25) is 10.2 Å². The standard InChI is InChI=1S/C14H14F4N2O5/c1-3-25-12(22)7(6-19-20(2)13(23)24)11(21)14(18)5-4-8(15)9(16)10(14)17/h4-6,10,19H,3H2,1-2H3,(H,23,24)/b7-6-. The SMILES string of the molecule is CCOC(=O)/C(=C\NN(C)C(=O)O)C(=O)C1(F)C=CC(F)=C(F)C1F. The molecule has 1 aliphatic rings. The van der Waals surface area contributed by atoms with Crippen LogP contribution in [0.2, 0.25) is 0 Å². The molecule has 2 unspecified atom stereocenters. The highest BCUT2D eigenvalue weighted by Gasteiger charge is 2.52. The number of Topliss-reactive ketones (excluding diaryl/α,β-unsaturated/α-hetero) is 1. The van der Waals surface area contributed by atoms with Crippen molar-refractivity contribution in [1.29, 1.82) is 0 Å². The van der Waals surface area contributed by atoms with Gasteiger partial charge in [0.2, 0.25) is 11.5 Å². The van der Waals surface area contributed by atoms with Crippen molar-refractivity contribution in [2.24, 2.45) is 0 Å². The lowest BCUT2D eigenvalue weighted by molar-refractivity contribution is -0.142. The number of hydrogen-bond donors (Lipinski definition) is 2. The molecule has 1 aliphatic carbocycles. The Hall–Kier alpha value is -2.85. The van der Waals surface area contributed by atoms with E-state index in [1.807, 2.05) is 5.43 Å². The summed E-state index contributed by atoms with van der Waals surface area (Å²) in [6.45, 7) is 1.12. The van der Waals surface area contributed by atoms with Crippen LogP contribution in [-0.2, 0) is 14.3 Å². The summed E-state index contributed by atoms with van der Waals surface area (Å²) in [6, 6.07) is 0. The second-order valence-corrected chi connectivity index (χ2v) is 4.74. The molecule has 2 atom stereocenters. The molecule has 0 aromatic heterocycles. The molecule has 0 fully saturated rings. The van der Waals surface area contributed by atoms with Gasteiger partial charge in [-0.05, 0) is 19.1 Å². The van der Waals surface area contributed by atoms with Crippen LogP contribution in [0.1, 0.15) is 6.92 Å². The molecule has 0 spiro atoms. The van der Waals surface area contributed by atoms with Crippen LogP contribution in [0.3, 0.4) is 0 Å². The van der Waals surface area contributed by atoms with Crippen molar-refractivity contribution in [3.8, 4) is 0 Å². The molecular formula is C14H14F4N2O5. The number of ether oxygens (including phenoxy) is 1. The summed E-state index contributed by atoms with van der Waals surface area (Å²) < 4.78 is 59.3. The lowest BCUT2D eigenvalue weighted by Crippen LogP contribution is -2.46. The molecule has 138 valence electrons. The Kier molecular flexibility index (Phi) is 6.31. The molecule has 0 saturated carbocycles. The molecule has 2 N–H and O–H groups in total. The van der Waals surface area contributed by atoms with Crippen LogP contribution in [0.25, 0.3) is 0 Å². The first-order chi connectivity index (χ1) is 11.6. The molecule has 0 saturated heterocycles. The maximum Gasteiger partial charge on any atom is 0.425 e. The zero-order chi connectivity index (χ0) is 19.4. The third-order valence-corrected chi connectivity index (χ3v) is 3.07. The zero-order valence-electron chi connectivity index (χ0n) is 13.1. The Bertz CT molecular complexity index is 676. The number of alkyl halides is 2. The molecular weight excluding hydrogens is 352 g/mol.